The molecule has 0 heterocycles. The van der Waals surface area contributed by atoms with Crippen molar-refractivity contribution in [3.63, 3.8) is 0 Å². The summed E-state index contributed by atoms with van der Waals surface area (Å²) in [4.78, 5) is 2.46. The van der Waals surface area contributed by atoms with Gasteiger partial charge in [-0.15, -0.1) is 0 Å². The minimum Gasteiger partial charge on any atom is -0.371 e. The van der Waals surface area contributed by atoms with Crippen LogP contribution in [0.5, 0.6) is 0 Å². The normalized spacial score (nSPS) is 24.4. The fraction of sp³-hybridized carbons (Fsp3) is 0.647. The van der Waals surface area contributed by atoms with Crippen LogP contribution in [0.25, 0.3) is 0 Å². The summed E-state index contributed by atoms with van der Waals surface area (Å²) < 4.78 is 1.11. The van der Waals surface area contributed by atoms with E-state index in [-0.39, 0.29) is 6.04 Å². The maximum Gasteiger partial charge on any atom is 0.0415 e. The lowest BCUT2D eigenvalue weighted by Gasteiger charge is -2.37. The molecule has 0 saturated heterocycles. The van der Waals surface area contributed by atoms with Crippen molar-refractivity contribution >= 4 is 21.6 Å². The van der Waals surface area contributed by atoms with Crippen molar-refractivity contribution in [2.45, 2.75) is 58.0 Å². The molecule has 3 heteroatoms. The Morgan fingerprint density at radius 3 is 2.50 bits per heavy atom. The zero-order valence-corrected chi connectivity index (χ0v) is 14.5. The van der Waals surface area contributed by atoms with E-state index in [0.29, 0.717) is 6.04 Å². The van der Waals surface area contributed by atoms with Crippen molar-refractivity contribution in [1.82, 2.24) is 0 Å². The van der Waals surface area contributed by atoms with Gasteiger partial charge < -0.3 is 10.6 Å². The second-order valence-corrected chi connectivity index (χ2v) is 7.10. The fourth-order valence-electron chi connectivity index (χ4n) is 3.35. The highest BCUT2D eigenvalue weighted by Gasteiger charge is 2.24. The molecule has 1 aromatic carbocycles. The van der Waals surface area contributed by atoms with E-state index in [0.717, 1.165) is 10.4 Å². The van der Waals surface area contributed by atoms with Crippen LogP contribution < -0.4 is 10.6 Å². The standard InChI is InChI=1S/C17H27BrN2/c1-4-13-5-8-15(9-6-13)20(3)17-10-7-14(18)11-16(17)12(2)19/h7,10-13,15H,4-6,8-9,19H2,1-3H3. The van der Waals surface area contributed by atoms with Gasteiger partial charge in [0.05, 0.1) is 0 Å². The highest BCUT2D eigenvalue weighted by Crippen LogP contribution is 2.34. The molecule has 1 aliphatic rings. The lowest BCUT2D eigenvalue weighted by Crippen LogP contribution is -2.36. The monoisotopic (exact) mass is 338 g/mol. The molecule has 2 nitrogen and oxygen atoms in total. The molecule has 20 heavy (non-hydrogen) atoms. The minimum absolute atomic E-state index is 0.0666. The summed E-state index contributed by atoms with van der Waals surface area (Å²) in [7, 11) is 2.23. The smallest absolute Gasteiger partial charge is 0.0415 e. The van der Waals surface area contributed by atoms with Gasteiger partial charge in [-0.25, -0.2) is 0 Å². The van der Waals surface area contributed by atoms with Gasteiger partial charge in [-0.1, -0.05) is 29.3 Å². The Balaban J connectivity index is 2.15. The van der Waals surface area contributed by atoms with Crippen LogP contribution in [-0.2, 0) is 0 Å². The van der Waals surface area contributed by atoms with Gasteiger partial charge in [0.2, 0.25) is 0 Å². The third-order valence-corrected chi connectivity index (χ3v) is 5.29. The molecule has 112 valence electrons. The van der Waals surface area contributed by atoms with Gasteiger partial charge in [0.1, 0.15) is 0 Å². The maximum atomic E-state index is 6.15. The van der Waals surface area contributed by atoms with Gasteiger partial charge in [0.25, 0.3) is 0 Å². The summed E-state index contributed by atoms with van der Waals surface area (Å²) in [6.45, 7) is 4.38. The first-order valence-corrected chi connectivity index (χ1v) is 8.60. The Morgan fingerprint density at radius 1 is 1.30 bits per heavy atom. The van der Waals surface area contributed by atoms with Crippen molar-refractivity contribution in [2.75, 3.05) is 11.9 Å². The predicted octanol–water partition coefficient (Wildman–Crippen LogP) is 4.87. The third-order valence-electron chi connectivity index (χ3n) is 4.80. The first-order chi connectivity index (χ1) is 9.52. The van der Waals surface area contributed by atoms with E-state index in [2.05, 4.69) is 59.9 Å². The second-order valence-electron chi connectivity index (χ2n) is 6.19. The van der Waals surface area contributed by atoms with Crippen LogP contribution in [0.15, 0.2) is 22.7 Å². The molecule has 0 aromatic heterocycles. The van der Waals surface area contributed by atoms with Gasteiger partial charge in [0, 0.05) is 29.3 Å². The second kappa shape index (κ2) is 6.95. The van der Waals surface area contributed by atoms with Gasteiger partial charge in [-0.05, 0) is 62.3 Å². The fourth-order valence-corrected chi connectivity index (χ4v) is 3.73. The Bertz CT molecular complexity index is 437. The van der Waals surface area contributed by atoms with Gasteiger partial charge >= 0.3 is 0 Å². The number of anilines is 1. The van der Waals surface area contributed by atoms with Crippen LogP contribution in [0.1, 0.15) is 57.6 Å². The molecule has 0 spiro atoms. The van der Waals surface area contributed by atoms with E-state index in [1.54, 1.807) is 0 Å². The predicted molar refractivity (Wildman–Crippen MR) is 91.2 cm³/mol. The Labute approximate surface area is 131 Å². The van der Waals surface area contributed by atoms with Crippen LogP contribution in [0, 0.1) is 5.92 Å². The van der Waals surface area contributed by atoms with Crippen LogP contribution in [0.3, 0.4) is 0 Å². The zero-order chi connectivity index (χ0) is 14.7. The van der Waals surface area contributed by atoms with E-state index in [4.69, 9.17) is 5.73 Å². The summed E-state index contributed by atoms with van der Waals surface area (Å²) in [6.07, 6.45) is 6.69. The van der Waals surface area contributed by atoms with Gasteiger partial charge in [-0.3, -0.25) is 0 Å². The average Bonchev–Trinajstić information content (AvgIpc) is 2.46. The first-order valence-electron chi connectivity index (χ1n) is 7.80. The summed E-state index contributed by atoms with van der Waals surface area (Å²) in [6, 6.07) is 7.21. The lowest BCUT2D eigenvalue weighted by molar-refractivity contribution is 0.313. The number of nitrogens with two attached hydrogens (primary N) is 1. The SMILES string of the molecule is CCC1CCC(N(C)c2ccc(Br)cc2C(C)N)CC1. The van der Waals surface area contributed by atoms with Crippen LogP contribution in [-0.4, -0.2) is 13.1 Å². The summed E-state index contributed by atoms with van der Waals surface area (Å²) in [5.74, 6) is 0.942. The number of benzene rings is 1. The average molecular weight is 339 g/mol. The molecule has 2 rings (SSSR count). The summed E-state index contributed by atoms with van der Waals surface area (Å²) >= 11 is 3.55. The van der Waals surface area contributed by atoms with E-state index in [9.17, 15) is 0 Å². The molecule has 1 unspecified atom stereocenters. The number of hydrogen-bond donors (Lipinski definition) is 1. The van der Waals surface area contributed by atoms with Crippen molar-refractivity contribution in [3.8, 4) is 0 Å². The molecular weight excluding hydrogens is 312 g/mol. The maximum absolute atomic E-state index is 6.15. The zero-order valence-electron chi connectivity index (χ0n) is 12.9. The molecule has 1 aliphatic carbocycles. The van der Waals surface area contributed by atoms with E-state index < -0.39 is 0 Å². The van der Waals surface area contributed by atoms with Crippen LogP contribution >= 0.6 is 15.9 Å². The highest BCUT2D eigenvalue weighted by atomic mass is 79.9. The van der Waals surface area contributed by atoms with Crippen LogP contribution in [0.2, 0.25) is 0 Å². The Kier molecular flexibility index (Phi) is 5.50. The molecule has 0 bridgehead atoms. The minimum atomic E-state index is 0.0666. The number of halogens is 1. The molecule has 2 N–H and O–H groups in total. The molecule has 1 aromatic rings. The van der Waals surface area contributed by atoms with E-state index in [1.165, 1.54) is 43.4 Å². The number of nitrogens with zero attached hydrogens (tertiary/aromatic N) is 1. The topological polar surface area (TPSA) is 29.3 Å². The van der Waals surface area contributed by atoms with Crippen molar-refractivity contribution in [2.24, 2.45) is 11.7 Å². The van der Waals surface area contributed by atoms with Crippen molar-refractivity contribution < 1.29 is 0 Å². The molecule has 1 saturated carbocycles. The van der Waals surface area contributed by atoms with Gasteiger partial charge in [0.15, 0.2) is 0 Å². The van der Waals surface area contributed by atoms with Gasteiger partial charge in [-0.2, -0.15) is 0 Å². The van der Waals surface area contributed by atoms with Crippen molar-refractivity contribution in [3.05, 3.63) is 28.2 Å². The molecule has 0 radical (unpaired) electrons. The van der Waals surface area contributed by atoms with Crippen LogP contribution in [0.4, 0.5) is 5.69 Å². The number of hydrogen-bond acceptors (Lipinski definition) is 2. The van der Waals surface area contributed by atoms with E-state index >= 15 is 0 Å². The highest BCUT2D eigenvalue weighted by molar-refractivity contribution is 9.10. The molecule has 0 aliphatic heterocycles. The Hall–Kier alpha value is -0.540. The molecule has 1 atom stereocenters. The Morgan fingerprint density at radius 2 is 1.95 bits per heavy atom. The van der Waals surface area contributed by atoms with Crippen molar-refractivity contribution in [1.29, 1.82) is 0 Å². The molecule has 0 amide bonds. The first kappa shape index (κ1) is 15.8. The largest absolute Gasteiger partial charge is 0.371 e. The molecule has 1 fully saturated rings. The van der Waals surface area contributed by atoms with E-state index in [1.807, 2.05) is 0 Å². The summed E-state index contributed by atoms with van der Waals surface area (Å²) in [5, 5.41) is 0. The number of rotatable bonds is 4. The summed E-state index contributed by atoms with van der Waals surface area (Å²) in [5.41, 5.74) is 8.68. The quantitative estimate of drug-likeness (QED) is 0.848. The molecular formula is C17H27BrN2. The third kappa shape index (κ3) is 3.56. The lowest BCUT2D eigenvalue weighted by atomic mass is 9.84.